The van der Waals surface area contributed by atoms with E-state index >= 15 is 0 Å². The molecule has 0 aromatic heterocycles. The highest BCUT2D eigenvalue weighted by Crippen LogP contribution is 2.26. The third-order valence-corrected chi connectivity index (χ3v) is 4.52. The number of nitrogens with one attached hydrogen (secondary N) is 1. The Hall–Kier alpha value is -1.64. The van der Waals surface area contributed by atoms with Crippen molar-refractivity contribution in [2.24, 2.45) is 5.73 Å². The molecule has 26 heavy (non-hydrogen) atoms. The van der Waals surface area contributed by atoms with E-state index in [1.54, 1.807) is 17.0 Å². The van der Waals surface area contributed by atoms with Crippen LogP contribution in [0.4, 0.5) is 14.5 Å². The van der Waals surface area contributed by atoms with Crippen molar-refractivity contribution in [1.29, 1.82) is 0 Å². The van der Waals surface area contributed by atoms with E-state index in [0.29, 0.717) is 31.7 Å². The average Bonchev–Trinajstić information content (AvgIpc) is 2.94. The van der Waals surface area contributed by atoms with Crippen LogP contribution in [0.25, 0.3) is 0 Å². The average molecular weight is 411 g/mol. The fourth-order valence-electron chi connectivity index (χ4n) is 3.13. The molecule has 3 N–H and O–H groups in total. The van der Waals surface area contributed by atoms with Crippen molar-refractivity contribution in [2.75, 3.05) is 37.6 Å². The Bertz CT molecular complexity index is 638. The number of carbonyl (C=O) groups excluding carboxylic acids is 2. The highest BCUT2D eigenvalue weighted by Gasteiger charge is 2.43. The lowest BCUT2D eigenvalue weighted by Gasteiger charge is -2.37. The molecule has 0 saturated carbocycles. The first-order valence-corrected chi connectivity index (χ1v) is 7.90. The van der Waals surface area contributed by atoms with Gasteiger partial charge in [-0.05, 0) is 24.3 Å². The number of nitrogens with two attached hydrogens (primary N) is 1. The number of hydrogen-bond acceptors (Lipinski definition) is 4. The van der Waals surface area contributed by atoms with E-state index in [4.69, 9.17) is 5.73 Å². The number of benzene rings is 1. The summed E-state index contributed by atoms with van der Waals surface area (Å²) < 4.78 is 26.4. The molecule has 2 amide bonds. The van der Waals surface area contributed by atoms with Gasteiger partial charge in [0.15, 0.2) is 0 Å². The van der Waals surface area contributed by atoms with Crippen molar-refractivity contribution in [1.82, 2.24) is 10.2 Å². The number of carbonyl (C=O) groups is 2. The third kappa shape index (κ3) is 4.96. The Morgan fingerprint density at radius 3 is 2.12 bits per heavy atom. The lowest BCUT2D eigenvalue weighted by molar-refractivity contribution is -0.134. The minimum Gasteiger partial charge on any atom is -0.368 e. The smallest absolute Gasteiger partial charge is 0.262 e. The number of primary amides is 1. The molecule has 1 atom stereocenters. The molecule has 0 aliphatic carbocycles. The number of piperazine rings is 1. The standard InChI is InChI=1S/C16H20F2N4O2.2ClH/c17-16(18)9-13(20-10-16)15(24)22-7-5-21(6-8-22)12-3-1-11(2-4-12)14(19)23;;/h1-4,13,20H,5-10H2,(H2,19,23);2*1H. The Kier molecular flexibility index (Phi) is 7.61. The Labute approximate surface area is 162 Å². The summed E-state index contributed by atoms with van der Waals surface area (Å²) in [6.45, 7) is 1.77. The van der Waals surface area contributed by atoms with Gasteiger partial charge in [-0.3, -0.25) is 14.9 Å². The normalized spacial score (nSPS) is 21.5. The van der Waals surface area contributed by atoms with Crippen LogP contribution >= 0.6 is 24.8 Å². The van der Waals surface area contributed by atoms with E-state index in [1.165, 1.54) is 0 Å². The molecule has 2 heterocycles. The fourth-order valence-corrected chi connectivity index (χ4v) is 3.13. The van der Waals surface area contributed by atoms with Gasteiger partial charge < -0.3 is 15.5 Å². The summed E-state index contributed by atoms with van der Waals surface area (Å²) in [6.07, 6.45) is -0.430. The third-order valence-electron chi connectivity index (χ3n) is 4.52. The maximum absolute atomic E-state index is 13.2. The second kappa shape index (κ2) is 8.83. The summed E-state index contributed by atoms with van der Waals surface area (Å²) in [7, 11) is 0. The molecular formula is C16H22Cl2F2N4O2. The SMILES string of the molecule is Cl.Cl.NC(=O)c1ccc(N2CCN(C(=O)C3CC(F)(F)CN3)CC2)cc1. The van der Waals surface area contributed by atoms with Crippen LogP contribution in [0.15, 0.2) is 24.3 Å². The van der Waals surface area contributed by atoms with Gasteiger partial charge >= 0.3 is 0 Å². The van der Waals surface area contributed by atoms with Crippen molar-refractivity contribution in [3.05, 3.63) is 29.8 Å². The summed E-state index contributed by atoms with van der Waals surface area (Å²) in [5.41, 5.74) is 6.60. The molecule has 2 fully saturated rings. The van der Waals surface area contributed by atoms with Crippen LogP contribution in [-0.4, -0.2) is 61.4 Å². The molecule has 2 aliphatic heterocycles. The van der Waals surface area contributed by atoms with Gasteiger partial charge in [0, 0.05) is 43.9 Å². The first-order valence-electron chi connectivity index (χ1n) is 7.90. The van der Waals surface area contributed by atoms with Crippen molar-refractivity contribution in [3.8, 4) is 0 Å². The van der Waals surface area contributed by atoms with Crippen LogP contribution in [0.5, 0.6) is 0 Å². The van der Waals surface area contributed by atoms with Crippen molar-refractivity contribution in [2.45, 2.75) is 18.4 Å². The lowest BCUT2D eigenvalue weighted by atomic mass is 10.1. The molecule has 0 spiro atoms. The van der Waals surface area contributed by atoms with E-state index < -0.39 is 30.8 Å². The maximum Gasteiger partial charge on any atom is 0.262 e. The Balaban J connectivity index is 0.00000169. The van der Waals surface area contributed by atoms with Crippen LogP contribution in [-0.2, 0) is 4.79 Å². The zero-order chi connectivity index (χ0) is 17.3. The molecule has 3 rings (SSSR count). The second-order valence-corrected chi connectivity index (χ2v) is 6.22. The second-order valence-electron chi connectivity index (χ2n) is 6.22. The summed E-state index contributed by atoms with van der Waals surface area (Å²) in [4.78, 5) is 27.1. The van der Waals surface area contributed by atoms with E-state index in [2.05, 4.69) is 10.2 Å². The molecule has 1 aromatic carbocycles. The minimum atomic E-state index is -2.80. The summed E-state index contributed by atoms with van der Waals surface area (Å²) >= 11 is 0. The Morgan fingerprint density at radius 2 is 1.65 bits per heavy atom. The van der Waals surface area contributed by atoms with Crippen LogP contribution in [0.3, 0.4) is 0 Å². The van der Waals surface area contributed by atoms with Gasteiger partial charge in [0.25, 0.3) is 5.92 Å². The summed E-state index contributed by atoms with van der Waals surface area (Å²) in [5.74, 6) is -3.53. The molecule has 10 heteroatoms. The number of rotatable bonds is 3. The predicted octanol–water partition coefficient (Wildman–Crippen LogP) is 1.27. The summed E-state index contributed by atoms with van der Waals surface area (Å²) in [6, 6.07) is 6.17. The molecule has 0 bridgehead atoms. The number of anilines is 1. The van der Waals surface area contributed by atoms with Gasteiger partial charge in [-0.15, -0.1) is 24.8 Å². The van der Waals surface area contributed by atoms with Gasteiger partial charge in [0.1, 0.15) is 0 Å². The molecule has 0 radical (unpaired) electrons. The topological polar surface area (TPSA) is 78.7 Å². The van der Waals surface area contributed by atoms with Crippen LogP contribution in [0.2, 0.25) is 0 Å². The van der Waals surface area contributed by atoms with Crippen LogP contribution < -0.4 is 16.0 Å². The van der Waals surface area contributed by atoms with Gasteiger partial charge in [0.2, 0.25) is 11.8 Å². The molecular weight excluding hydrogens is 389 g/mol. The van der Waals surface area contributed by atoms with Crippen LogP contribution in [0.1, 0.15) is 16.8 Å². The molecule has 6 nitrogen and oxygen atoms in total. The number of hydrogen-bond donors (Lipinski definition) is 2. The minimum absolute atomic E-state index is 0. The quantitative estimate of drug-likeness (QED) is 0.786. The largest absolute Gasteiger partial charge is 0.368 e. The van der Waals surface area contributed by atoms with E-state index in [-0.39, 0.29) is 30.7 Å². The van der Waals surface area contributed by atoms with E-state index in [1.807, 2.05) is 12.1 Å². The van der Waals surface area contributed by atoms with Crippen molar-refractivity contribution in [3.63, 3.8) is 0 Å². The van der Waals surface area contributed by atoms with Gasteiger partial charge in [0.05, 0.1) is 12.6 Å². The van der Waals surface area contributed by atoms with Crippen molar-refractivity contribution < 1.29 is 18.4 Å². The van der Waals surface area contributed by atoms with Gasteiger partial charge in [-0.25, -0.2) is 8.78 Å². The van der Waals surface area contributed by atoms with Gasteiger partial charge in [-0.2, -0.15) is 0 Å². The molecule has 2 saturated heterocycles. The first kappa shape index (κ1) is 22.4. The number of nitrogens with zero attached hydrogens (tertiary/aromatic N) is 2. The summed E-state index contributed by atoms with van der Waals surface area (Å²) in [5, 5.41) is 2.61. The molecule has 2 aliphatic rings. The Morgan fingerprint density at radius 1 is 1.08 bits per heavy atom. The molecule has 146 valence electrons. The molecule has 1 aromatic rings. The number of alkyl halides is 2. The zero-order valence-electron chi connectivity index (χ0n) is 14.0. The van der Waals surface area contributed by atoms with E-state index in [9.17, 15) is 18.4 Å². The first-order chi connectivity index (χ1) is 11.4. The fraction of sp³-hybridized carbons (Fsp3) is 0.500. The highest BCUT2D eigenvalue weighted by molar-refractivity contribution is 5.93. The van der Waals surface area contributed by atoms with E-state index in [0.717, 1.165) is 5.69 Å². The lowest BCUT2D eigenvalue weighted by Crippen LogP contribution is -2.53. The zero-order valence-corrected chi connectivity index (χ0v) is 15.6. The van der Waals surface area contributed by atoms with Gasteiger partial charge in [-0.1, -0.05) is 0 Å². The number of halogens is 4. The maximum atomic E-state index is 13.2. The molecule has 1 unspecified atom stereocenters. The predicted molar refractivity (Wildman–Crippen MR) is 99.6 cm³/mol. The number of amides is 2. The monoisotopic (exact) mass is 410 g/mol. The highest BCUT2D eigenvalue weighted by atomic mass is 35.5. The van der Waals surface area contributed by atoms with Crippen molar-refractivity contribution >= 4 is 42.3 Å². The van der Waals surface area contributed by atoms with Crippen LogP contribution in [0, 0.1) is 0 Å².